The molecule has 150 valence electrons. The van der Waals surface area contributed by atoms with Gasteiger partial charge >= 0.3 is 5.97 Å². The third-order valence-corrected chi connectivity index (χ3v) is 7.02. The zero-order chi connectivity index (χ0) is 20.1. The van der Waals surface area contributed by atoms with Crippen LogP contribution in [0.3, 0.4) is 0 Å². The molecule has 0 aromatic heterocycles. The predicted octanol–water partition coefficient (Wildman–Crippen LogP) is 2.55. The van der Waals surface area contributed by atoms with Crippen LogP contribution in [0.4, 0.5) is 0 Å². The normalized spacial score (nSPS) is 17.9. The van der Waals surface area contributed by atoms with Crippen molar-refractivity contribution in [1.82, 2.24) is 8.61 Å². The molecule has 28 heavy (non-hydrogen) atoms. The number of carbonyl (C=O) groups is 1. The minimum absolute atomic E-state index is 0.0173. The van der Waals surface area contributed by atoms with Gasteiger partial charge in [-0.2, -0.15) is 17.0 Å². The fourth-order valence-corrected chi connectivity index (χ4v) is 5.04. The van der Waals surface area contributed by atoms with Gasteiger partial charge in [0, 0.05) is 26.7 Å². The molecule has 3 rings (SSSR count). The highest BCUT2D eigenvalue weighted by molar-refractivity contribution is 7.86. The van der Waals surface area contributed by atoms with Gasteiger partial charge < -0.3 is 5.11 Å². The summed E-state index contributed by atoms with van der Waals surface area (Å²) in [5.74, 6) is -0.575. The first kappa shape index (κ1) is 20.5. The number of hydrogen-bond donors (Lipinski definition) is 1. The Morgan fingerprint density at radius 3 is 2.36 bits per heavy atom. The van der Waals surface area contributed by atoms with Crippen molar-refractivity contribution in [3.8, 4) is 0 Å². The summed E-state index contributed by atoms with van der Waals surface area (Å²) in [6.45, 7) is 1.40. The van der Waals surface area contributed by atoms with E-state index >= 15 is 0 Å². The van der Waals surface area contributed by atoms with E-state index in [0.717, 1.165) is 29.5 Å². The molecule has 1 aliphatic rings. The van der Waals surface area contributed by atoms with Crippen molar-refractivity contribution in [3.63, 3.8) is 0 Å². The zero-order valence-corrected chi connectivity index (χ0v) is 16.8. The molecule has 0 amide bonds. The van der Waals surface area contributed by atoms with Gasteiger partial charge in [0.1, 0.15) is 0 Å². The molecular formula is C21H26N2O4S. The molecule has 7 heteroatoms. The molecule has 1 saturated heterocycles. The maximum atomic E-state index is 12.9. The summed E-state index contributed by atoms with van der Waals surface area (Å²) in [6, 6.07) is 17.1. The Morgan fingerprint density at radius 2 is 1.71 bits per heavy atom. The highest BCUT2D eigenvalue weighted by Gasteiger charge is 2.34. The van der Waals surface area contributed by atoms with Crippen LogP contribution in [0.15, 0.2) is 54.6 Å². The Hall–Kier alpha value is -2.22. The van der Waals surface area contributed by atoms with Crippen LogP contribution in [0.25, 0.3) is 0 Å². The van der Waals surface area contributed by atoms with E-state index in [-0.39, 0.29) is 12.3 Å². The lowest BCUT2D eigenvalue weighted by atomic mass is 9.97. The molecule has 1 fully saturated rings. The predicted molar refractivity (Wildman–Crippen MR) is 108 cm³/mol. The highest BCUT2D eigenvalue weighted by atomic mass is 32.2. The Balaban J connectivity index is 1.57. The quantitative estimate of drug-likeness (QED) is 0.736. The van der Waals surface area contributed by atoms with E-state index in [0.29, 0.717) is 19.6 Å². The van der Waals surface area contributed by atoms with Crippen molar-refractivity contribution in [2.24, 2.45) is 5.92 Å². The topological polar surface area (TPSA) is 77.9 Å². The van der Waals surface area contributed by atoms with Crippen LogP contribution in [-0.2, 0) is 34.4 Å². The first-order valence-corrected chi connectivity index (χ1v) is 10.8. The number of hydrogen-bond acceptors (Lipinski definition) is 3. The van der Waals surface area contributed by atoms with Gasteiger partial charge in [-0.25, -0.2) is 0 Å². The number of carboxylic acids is 1. The number of benzene rings is 2. The molecular weight excluding hydrogens is 376 g/mol. The maximum Gasteiger partial charge on any atom is 0.307 e. The van der Waals surface area contributed by atoms with Gasteiger partial charge in [-0.3, -0.25) is 4.79 Å². The largest absolute Gasteiger partial charge is 0.481 e. The number of carboxylic acid groups (broad SMARTS) is 1. The van der Waals surface area contributed by atoms with E-state index in [9.17, 15) is 13.2 Å². The summed E-state index contributed by atoms with van der Waals surface area (Å²) < 4.78 is 28.7. The zero-order valence-electron chi connectivity index (χ0n) is 16.0. The van der Waals surface area contributed by atoms with Gasteiger partial charge in [-0.05, 0) is 35.4 Å². The molecule has 0 radical (unpaired) electrons. The summed E-state index contributed by atoms with van der Waals surface area (Å²) >= 11 is 0. The fourth-order valence-electron chi connectivity index (χ4n) is 3.59. The van der Waals surface area contributed by atoms with E-state index in [2.05, 4.69) is 0 Å². The van der Waals surface area contributed by atoms with Crippen LogP contribution < -0.4 is 0 Å². The van der Waals surface area contributed by atoms with E-state index in [1.807, 2.05) is 54.6 Å². The number of rotatable bonds is 8. The van der Waals surface area contributed by atoms with Gasteiger partial charge in [0.05, 0.1) is 6.42 Å². The van der Waals surface area contributed by atoms with E-state index < -0.39 is 16.2 Å². The van der Waals surface area contributed by atoms with Crippen molar-refractivity contribution in [3.05, 3.63) is 71.3 Å². The van der Waals surface area contributed by atoms with Crippen molar-refractivity contribution < 1.29 is 18.3 Å². The van der Waals surface area contributed by atoms with Crippen LogP contribution in [0, 0.1) is 5.92 Å². The molecule has 2 aromatic rings. The molecule has 0 bridgehead atoms. The Bertz CT molecular complexity index is 898. The smallest absolute Gasteiger partial charge is 0.307 e. The lowest BCUT2D eigenvalue weighted by molar-refractivity contribution is -0.136. The molecule has 1 unspecified atom stereocenters. The van der Waals surface area contributed by atoms with E-state index in [1.165, 1.54) is 4.31 Å². The Kier molecular flexibility index (Phi) is 6.49. The van der Waals surface area contributed by atoms with Crippen LogP contribution in [0.5, 0.6) is 0 Å². The molecule has 6 nitrogen and oxygen atoms in total. The van der Waals surface area contributed by atoms with Gasteiger partial charge in [0.25, 0.3) is 10.2 Å². The minimum atomic E-state index is -3.48. The lowest BCUT2D eigenvalue weighted by Gasteiger charge is -2.24. The van der Waals surface area contributed by atoms with E-state index in [4.69, 9.17) is 5.11 Å². The maximum absolute atomic E-state index is 12.9. The SMILES string of the molecule is CN(Cc1ccccc1)S(=O)(=O)N1CCC(Cc2ccc(CC(=O)O)cc2)C1. The van der Waals surface area contributed by atoms with Gasteiger partial charge in [0.15, 0.2) is 0 Å². The second-order valence-electron chi connectivity index (χ2n) is 7.35. The second kappa shape index (κ2) is 8.86. The summed E-state index contributed by atoms with van der Waals surface area (Å²) in [5.41, 5.74) is 2.84. The molecule has 0 saturated carbocycles. The monoisotopic (exact) mass is 402 g/mol. The second-order valence-corrected chi connectivity index (χ2v) is 9.39. The van der Waals surface area contributed by atoms with Crippen molar-refractivity contribution in [2.45, 2.75) is 25.8 Å². The van der Waals surface area contributed by atoms with Gasteiger partial charge in [0.2, 0.25) is 0 Å². The summed E-state index contributed by atoms with van der Waals surface area (Å²) in [5, 5.41) is 8.84. The molecule has 1 atom stereocenters. The van der Waals surface area contributed by atoms with Crippen LogP contribution in [0.1, 0.15) is 23.1 Å². The Morgan fingerprint density at radius 1 is 1.07 bits per heavy atom. The molecule has 1 N–H and O–H groups in total. The minimum Gasteiger partial charge on any atom is -0.481 e. The third-order valence-electron chi connectivity index (χ3n) is 5.12. The van der Waals surface area contributed by atoms with E-state index in [1.54, 1.807) is 11.4 Å². The molecule has 0 spiro atoms. The average Bonchev–Trinajstić information content (AvgIpc) is 3.13. The summed E-state index contributed by atoms with van der Waals surface area (Å²) in [6.07, 6.45) is 1.64. The summed E-state index contributed by atoms with van der Waals surface area (Å²) in [4.78, 5) is 10.8. The molecule has 1 aliphatic heterocycles. The fraction of sp³-hybridized carbons (Fsp3) is 0.381. The standard InChI is InChI=1S/C21H26N2O4S/c1-22(15-19-5-3-2-4-6-19)28(26,27)23-12-11-20(16-23)13-17-7-9-18(10-8-17)14-21(24)25/h2-10,20H,11-16H2,1H3,(H,24,25). The van der Waals surface area contributed by atoms with Gasteiger partial charge in [-0.1, -0.05) is 54.6 Å². The van der Waals surface area contributed by atoms with Gasteiger partial charge in [-0.15, -0.1) is 0 Å². The first-order valence-electron chi connectivity index (χ1n) is 9.39. The highest BCUT2D eigenvalue weighted by Crippen LogP contribution is 2.25. The Labute approximate surface area is 166 Å². The average molecular weight is 403 g/mol. The first-order chi connectivity index (χ1) is 13.3. The number of aliphatic carboxylic acids is 1. The van der Waals surface area contributed by atoms with Crippen molar-refractivity contribution in [1.29, 1.82) is 0 Å². The van der Waals surface area contributed by atoms with Crippen LogP contribution >= 0.6 is 0 Å². The van der Waals surface area contributed by atoms with Crippen LogP contribution in [0.2, 0.25) is 0 Å². The van der Waals surface area contributed by atoms with Crippen molar-refractivity contribution >= 4 is 16.2 Å². The third kappa shape index (κ3) is 5.19. The molecule has 1 heterocycles. The lowest BCUT2D eigenvalue weighted by Crippen LogP contribution is -2.40. The molecule has 0 aliphatic carbocycles. The van der Waals surface area contributed by atoms with Crippen LogP contribution in [-0.4, -0.2) is 48.2 Å². The molecule has 2 aromatic carbocycles. The van der Waals surface area contributed by atoms with Crippen molar-refractivity contribution in [2.75, 3.05) is 20.1 Å². The summed E-state index contributed by atoms with van der Waals surface area (Å²) in [7, 11) is -1.86. The number of nitrogens with zero attached hydrogens (tertiary/aromatic N) is 2.